The second-order valence-corrected chi connectivity index (χ2v) is 17.9. The zero-order chi connectivity index (χ0) is 39.5. The van der Waals surface area contributed by atoms with Gasteiger partial charge in [-0.25, -0.2) is 0 Å². The van der Waals surface area contributed by atoms with Crippen LogP contribution >= 0.6 is 23.5 Å². The highest BCUT2D eigenvalue weighted by atomic mass is 32.2. The predicted octanol–water partition coefficient (Wildman–Crippen LogP) is 0.565. The summed E-state index contributed by atoms with van der Waals surface area (Å²) >= 11 is 2.81. The molecule has 0 aromatic heterocycles. The van der Waals surface area contributed by atoms with Gasteiger partial charge < -0.3 is 31.9 Å². The van der Waals surface area contributed by atoms with Crippen LogP contribution in [0.4, 0.5) is 0 Å². The SMILES string of the molecule is CCNC(=O)[C@@H](NC(=O)Cc1ccccc1)[C@@H]1NC(C(=O)NCCNC(=O)C2N[C@H]([C@@H](NC(=O)Cc3ccccc3)C(=O)NCC)SC2(C)C)C(C)(C)S1. The molecule has 6 amide bonds. The minimum absolute atomic E-state index is 0.111. The molecule has 2 heterocycles. The third-order valence-electron chi connectivity index (χ3n) is 9.08. The van der Waals surface area contributed by atoms with E-state index in [0.717, 1.165) is 11.1 Å². The van der Waals surface area contributed by atoms with E-state index in [2.05, 4.69) is 42.5 Å². The standard InChI is InChI=1S/C38H54N8O6S2/c1-7-39-31(49)27(43-25(47)21-23-15-11-9-12-16-23)35-45-29(37(3,4)53-35)33(51)41-19-20-42-34(52)30-38(5,6)54-36(46-30)28(32(50)40-8-2)44-26(48)22-24-17-13-10-14-18-24/h9-18,27-30,35-36,45-46H,7-8,19-22H2,1-6H3,(H,39,49)(H,40,50)(H,41,51)(H,42,52)(H,43,47)(H,44,48)/t27-,28+,29?,30?,35-,36+. The van der Waals surface area contributed by atoms with Crippen LogP contribution in [-0.2, 0) is 41.6 Å². The Morgan fingerprint density at radius 1 is 0.593 bits per heavy atom. The van der Waals surface area contributed by atoms with E-state index in [1.807, 2.05) is 88.4 Å². The van der Waals surface area contributed by atoms with Crippen molar-refractivity contribution in [3.05, 3.63) is 71.8 Å². The summed E-state index contributed by atoms with van der Waals surface area (Å²) in [5.74, 6) is -1.92. The van der Waals surface area contributed by atoms with Crippen LogP contribution in [0.25, 0.3) is 0 Å². The average molecular weight is 783 g/mol. The van der Waals surface area contributed by atoms with Gasteiger partial charge in [-0.2, -0.15) is 0 Å². The summed E-state index contributed by atoms with van der Waals surface area (Å²) in [6.45, 7) is 12.2. The van der Waals surface area contributed by atoms with Crippen molar-refractivity contribution in [2.24, 2.45) is 0 Å². The molecule has 14 nitrogen and oxygen atoms in total. The monoisotopic (exact) mass is 782 g/mol. The summed E-state index contributed by atoms with van der Waals surface area (Å²) in [6, 6.07) is 15.3. The Morgan fingerprint density at radius 3 is 1.28 bits per heavy atom. The van der Waals surface area contributed by atoms with Crippen molar-refractivity contribution in [2.75, 3.05) is 26.2 Å². The van der Waals surface area contributed by atoms with Crippen LogP contribution in [0, 0.1) is 0 Å². The fourth-order valence-electron chi connectivity index (χ4n) is 6.41. The molecule has 294 valence electrons. The molecule has 0 radical (unpaired) electrons. The molecule has 0 spiro atoms. The lowest BCUT2D eigenvalue weighted by molar-refractivity contribution is -0.129. The number of thioether (sulfide) groups is 2. The number of carbonyl (C=O) groups excluding carboxylic acids is 6. The molecular weight excluding hydrogens is 729 g/mol. The lowest BCUT2D eigenvalue weighted by Crippen LogP contribution is -2.59. The first-order valence-electron chi connectivity index (χ1n) is 18.3. The van der Waals surface area contributed by atoms with Gasteiger partial charge in [-0.15, -0.1) is 23.5 Å². The normalized spacial score (nSPS) is 22.3. The Kier molecular flexibility index (Phi) is 15.4. The van der Waals surface area contributed by atoms with Gasteiger partial charge in [-0.1, -0.05) is 60.7 Å². The van der Waals surface area contributed by atoms with Crippen LogP contribution in [-0.4, -0.2) is 106 Å². The van der Waals surface area contributed by atoms with Gasteiger partial charge in [0.15, 0.2) is 0 Å². The molecule has 0 saturated carbocycles. The molecule has 54 heavy (non-hydrogen) atoms. The third kappa shape index (κ3) is 11.7. The van der Waals surface area contributed by atoms with Gasteiger partial charge in [0.1, 0.15) is 24.2 Å². The third-order valence-corrected chi connectivity index (χ3v) is 12.1. The highest BCUT2D eigenvalue weighted by Gasteiger charge is 2.50. The van der Waals surface area contributed by atoms with E-state index < -0.39 is 44.4 Å². The topological polar surface area (TPSA) is 199 Å². The molecule has 2 unspecified atom stereocenters. The molecule has 2 saturated heterocycles. The number of nitrogens with one attached hydrogen (secondary N) is 8. The first-order valence-corrected chi connectivity index (χ1v) is 20.1. The number of hydrogen-bond donors (Lipinski definition) is 8. The van der Waals surface area contributed by atoms with Crippen molar-refractivity contribution in [3.63, 3.8) is 0 Å². The second kappa shape index (κ2) is 19.5. The van der Waals surface area contributed by atoms with Crippen molar-refractivity contribution in [1.29, 1.82) is 0 Å². The Balaban J connectivity index is 1.30. The van der Waals surface area contributed by atoms with Gasteiger partial charge >= 0.3 is 0 Å². The Bertz CT molecular complexity index is 1510. The second-order valence-electron chi connectivity index (χ2n) is 14.3. The maximum atomic E-state index is 13.5. The van der Waals surface area contributed by atoms with Crippen LogP contribution in [0.2, 0.25) is 0 Å². The van der Waals surface area contributed by atoms with Gasteiger partial charge in [0.25, 0.3) is 0 Å². The average Bonchev–Trinajstić information content (AvgIpc) is 3.62. The van der Waals surface area contributed by atoms with Gasteiger partial charge in [0.05, 0.1) is 23.6 Å². The van der Waals surface area contributed by atoms with E-state index in [1.165, 1.54) is 23.5 Å². The molecule has 16 heteroatoms. The number of benzene rings is 2. The van der Waals surface area contributed by atoms with Crippen LogP contribution < -0.4 is 42.5 Å². The van der Waals surface area contributed by atoms with Crippen LogP contribution in [0.3, 0.4) is 0 Å². The van der Waals surface area contributed by atoms with Gasteiger partial charge in [0, 0.05) is 35.7 Å². The zero-order valence-corrected chi connectivity index (χ0v) is 33.4. The highest BCUT2D eigenvalue weighted by molar-refractivity contribution is 8.01. The first kappa shape index (κ1) is 42.6. The van der Waals surface area contributed by atoms with Gasteiger partial charge in [-0.05, 0) is 52.7 Å². The van der Waals surface area contributed by atoms with Crippen molar-refractivity contribution in [3.8, 4) is 0 Å². The first-order chi connectivity index (χ1) is 25.6. The quantitative estimate of drug-likeness (QED) is 0.105. The van der Waals surface area contributed by atoms with E-state index in [0.29, 0.717) is 13.1 Å². The molecule has 6 atom stereocenters. The van der Waals surface area contributed by atoms with Crippen LogP contribution in [0.15, 0.2) is 60.7 Å². The largest absolute Gasteiger partial charge is 0.355 e. The molecule has 0 bridgehead atoms. The van der Waals surface area contributed by atoms with E-state index in [9.17, 15) is 28.8 Å². The minimum Gasteiger partial charge on any atom is -0.355 e. The molecule has 2 aromatic rings. The Morgan fingerprint density at radius 2 is 0.944 bits per heavy atom. The number of hydrogen-bond acceptors (Lipinski definition) is 10. The summed E-state index contributed by atoms with van der Waals surface area (Å²) in [4.78, 5) is 79.0. The number of likely N-dealkylation sites (N-methyl/N-ethyl adjacent to an activating group) is 2. The maximum absolute atomic E-state index is 13.5. The number of amides is 6. The summed E-state index contributed by atoms with van der Waals surface area (Å²) < 4.78 is -1.26. The Labute approximate surface area is 326 Å². The van der Waals surface area contributed by atoms with Gasteiger partial charge in [0.2, 0.25) is 35.4 Å². The van der Waals surface area contributed by atoms with E-state index in [-0.39, 0.29) is 61.4 Å². The molecule has 0 aliphatic carbocycles. The lowest BCUT2D eigenvalue weighted by atomic mass is 10.0. The van der Waals surface area contributed by atoms with Crippen molar-refractivity contribution in [1.82, 2.24) is 42.5 Å². The van der Waals surface area contributed by atoms with Crippen LogP contribution in [0.1, 0.15) is 52.7 Å². The van der Waals surface area contributed by atoms with Crippen molar-refractivity contribution < 1.29 is 28.8 Å². The molecule has 2 aliphatic rings. The van der Waals surface area contributed by atoms with E-state index in [1.54, 1.807) is 13.8 Å². The fraction of sp³-hybridized carbons (Fsp3) is 0.526. The minimum atomic E-state index is -0.920. The molecule has 2 fully saturated rings. The highest BCUT2D eigenvalue weighted by Crippen LogP contribution is 2.40. The summed E-state index contributed by atoms with van der Waals surface area (Å²) in [5, 5.41) is 22.5. The maximum Gasteiger partial charge on any atom is 0.245 e. The molecule has 8 N–H and O–H groups in total. The fourth-order valence-corrected chi connectivity index (χ4v) is 9.41. The molecule has 2 aromatic carbocycles. The van der Waals surface area contributed by atoms with Gasteiger partial charge in [-0.3, -0.25) is 39.4 Å². The zero-order valence-electron chi connectivity index (χ0n) is 31.7. The predicted molar refractivity (Wildman–Crippen MR) is 212 cm³/mol. The van der Waals surface area contributed by atoms with Crippen LogP contribution in [0.5, 0.6) is 0 Å². The summed E-state index contributed by atoms with van der Waals surface area (Å²) in [5.41, 5.74) is 1.64. The van der Waals surface area contributed by atoms with Crippen molar-refractivity contribution in [2.45, 2.75) is 98.8 Å². The summed E-state index contributed by atoms with van der Waals surface area (Å²) in [6.07, 6.45) is 0.223. The lowest BCUT2D eigenvalue weighted by Gasteiger charge is -2.25. The van der Waals surface area contributed by atoms with E-state index in [4.69, 9.17) is 0 Å². The molecular formula is C38H54N8O6S2. The smallest absolute Gasteiger partial charge is 0.245 e. The molecule has 2 aliphatic heterocycles. The number of rotatable bonds is 17. The Hall–Kier alpha value is -4.12. The molecule has 4 rings (SSSR count). The summed E-state index contributed by atoms with van der Waals surface area (Å²) in [7, 11) is 0. The van der Waals surface area contributed by atoms with E-state index >= 15 is 0 Å². The van der Waals surface area contributed by atoms with Crippen molar-refractivity contribution >= 4 is 59.0 Å². The number of carbonyl (C=O) groups is 6.